The normalized spacial score (nSPS) is 11.5. The number of aromatic nitrogens is 2. The maximum atomic E-state index is 11.4. The van der Waals surface area contributed by atoms with Crippen LogP contribution in [0.2, 0.25) is 0 Å². The van der Waals surface area contributed by atoms with Gasteiger partial charge in [-0.05, 0) is 6.07 Å². The summed E-state index contributed by atoms with van der Waals surface area (Å²) in [4.78, 5) is 22.2. The lowest BCUT2D eigenvalue weighted by Gasteiger charge is -2.18. The molecule has 0 saturated carbocycles. The number of carboxylic acid groups (broad SMARTS) is 1. The van der Waals surface area contributed by atoms with Crippen LogP contribution in [-0.4, -0.2) is 20.9 Å². The Hall–Kier alpha value is -1.65. The number of aryl methyl sites for hydroxylation is 1. The summed E-state index contributed by atoms with van der Waals surface area (Å²) in [6.45, 7) is 5.72. The molecule has 0 saturated heterocycles. The predicted octanol–water partition coefficient (Wildman–Crippen LogP) is 0.776. The number of aromatic carboxylic acids is 1. The molecule has 0 aromatic carbocycles. The van der Waals surface area contributed by atoms with E-state index >= 15 is 0 Å². The molecular formula is C10H14N2O3. The van der Waals surface area contributed by atoms with Crippen LogP contribution in [0.4, 0.5) is 0 Å². The van der Waals surface area contributed by atoms with E-state index in [-0.39, 0.29) is 11.0 Å². The van der Waals surface area contributed by atoms with Gasteiger partial charge in [-0.1, -0.05) is 20.8 Å². The second kappa shape index (κ2) is 3.49. The smallest absolute Gasteiger partial charge is 0.341 e. The van der Waals surface area contributed by atoms with Gasteiger partial charge in [0.1, 0.15) is 5.56 Å². The van der Waals surface area contributed by atoms with E-state index in [0.29, 0.717) is 5.69 Å². The van der Waals surface area contributed by atoms with Crippen LogP contribution in [0, 0.1) is 0 Å². The third kappa shape index (κ3) is 2.23. The van der Waals surface area contributed by atoms with Crippen LogP contribution in [0.25, 0.3) is 0 Å². The first-order valence-corrected chi connectivity index (χ1v) is 4.55. The van der Waals surface area contributed by atoms with E-state index in [1.54, 1.807) is 0 Å². The Morgan fingerprint density at radius 2 is 2.00 bits per heavy atom. The zero-order chi connectivity index (χ0) is 11.8. The van der Waals surface area contributed by atoms with Gasteiger partial charge in [-0.2, -0.15) is 5.10 Å². The van der Waals surface area contributed by atoms with Crippen molar-refractivity contribution in [2.45, 2.75) is 26.2 Å². The second-order valence-corrected chi connectivity index (χ2v) is 4.43. The number of nitrogens with zero attached hydrogens (tertiary/aromatic N) is 2. The van der Waals surface area contributed by atoms with E-state index < -0.39 is 11.5 Å². The van der Waals surface area contributed by atoms with Crippen molar-refractivity contribution in [2.75, 3.05) is 0 Å². The van der Waals surface area contributed by atoms with Crippen molar-refractivity contribution in [1.29, 1.82) is 0 Å². The first-order chi connectivity index (χ1) is 6.73. The minimum atomic E-state index is -1.22. The molecule has 1 rings (SSSR count). The maximum absolute atomic E-state index is 11.4. The topological polar surface area (TPSA) is 72.2 Å². The SMILES string of the molecule is Cn1nc(C(C)(C)C)cc(C(=O)O)c1=O. The van der Waals surface area contributed by atoms with Gasteiger partial charge in [0.25, 0.3) is 5.56 Å². The quantitative estimate of drug-likeness (QED) is 0.743. The molecule has 0 aliphatic rings. The highest BCUT2D eigenvalue weighted by molar-refractivity contribution is 5.87. The highest BCUT2D eigenvalue weighted by atomic mass is 16.4. The van der Waals surface area contributed by atoms with Gasteiger partial charge in [0.15, 0.2) is 0 Å². The van der Waals surface area contributed by atoms with Gasteiger partial charge >= 0.3 is 5.97 Å². The molecule has 15 heavy (non-hydrogen) atoms. The molecule has 1 aromatic heterocycles. The fraction of sp³-hybridized carbons (Fsp3) is 0.500. The summed E-state index contributed by atoms with van der Waals surface area (Å²) in [6.07, 6.45) is 0. The van der Waals surface area contributed by atoms with Crippen molar-refractivity contribution in [1.82, 2.24) is 9.78 Å². The molecule has 0 aliphatic carbocycles. The molecule has 1 N–H and O–H groups in total. The fourth-order valence-electron chi connectivity index (χ4n) is 1.13. The van der Waals surface area contributed by atoms with E-state index in [9.17, 15) is 9.59 Å². The molecular weight excluding hydrogens is 196 g/mol. The van der Waals surface area contributed by atoms with Crippen molar-refractivity contribution < 1.29 is 9.90 Å². The summed E-state index contributed by atoms with van der Waals surface area (Å²) in [5.41, 5.74) is -0.523. The van der Waals surface area contributed by atoms with E-state index in [2.05, 4.69) is 5.10 Å². The molecule has 0 bridgehead atoms. The molecule has 82 valence electrons. The van der Waals surface area contributed by atoms with E-state index in [4.69, 9.17) is 5.11 Å². The van der Waals surface area contributed by atoms with E-state index in [1.807, 2.05) is 20.8 Å². The van der Waals surface area contributed by atoms with Gasteiger partial charge in [-0.25, -0.2) is 9.48 Å². The Balaban J connectivity index is 3.50. The van der Waals surface area contributed by atoms with Crippen molar-refractivity contribution in [3.05, 3.63) is 27.7 Å². The minimum Gasteiger partial charge on any atom is -0.477 e. The molecule has 1 heterocycles. The number of hydrogen-bond donors (Lipinski definition) is 1. The monoisotopic (exact) mass is 210 g/mol. The van der Waals surface area contributed by atoms with Crippen molar-refractivity contribution >= 4 is 5.97 Å². The largest absolute Gasteiger partial charge is 0.477 e. The first-order valence-electron chi connectivity index (χ1n) is 4.55. The summed E-state index contributed by atoms with van der Waals surface area (Å²) >= 11 is 0. The second-order valence-electron chi connectivity index (χ2n) is 4.43. The highest BCUT2D eigenvalue weighted by Crippen LogP contribution is 2.19. The maximum Gasteiger partial charge on any atom is 0.341 e. The summed E-state index contributed by atoms with van der Waals surface area (Å²) in [5, 5.41) is 12.9. The Bertz CT molecular complexity index is 455. The number of rotatable bonds is 1. The molecule has 0 spiro atoms. The van der Waals surface area contributed by atoms with E-state index in [1.165, 1.54) is 13.1 Å². The molecule has 0 aliphatic heterocycles. The minimum absolute atomic E-state index is 0.238. The van der Waals surface area contributed by atoms with Crippen molar-refractivity contribution in [3.63, 3.8) is 0 Å². The van der Waals surface area contributed by atoms with Crippen LogP contribution in [0.1, 0.15) is 36.8 Å². The number of carbonyl (C=O) groups is 1. The summed E-state index contributed by atoms with van der Waals surface area (Å²) < 4.78 is 1.06. The third-order valence-corrected chi connectivity index (χ3v) is 2.06. The lowest BCUT2D eigenvalue weighted by molar-refractivity contribution is 0.0693. The van der Waals surface area contributed by atoms with Gasteiger partial charge < -0.3 is 5.11 Å². The van der Waals surface area contributed by atoms with Crippen molar-refractivity contribution in [3.8, 4) is 0 Å². The predicted molar refractivity (Wildman–Crippen MR) is 55.1 cm³/mol. The highest BCUT2D eigenvalue weighted by Gasteiger charge is 2.20. The average Bonchev–Trinajstić information content (AvgIpc) is 2.06. The van der Waals surface area contributed by atoms with Crippen LogP contribution in [-0.2, 0) is 12.5 Å². The molecule has 0 unspecified atom stereocenters. The average molecular weight is 210 g/mol. The first kappa shape index (κ1) is 11.4. The molecule has 5 nitrogen and oxygen atoms in total. The molecule has 5 heteroatoms. The third-order valence-electron chi connectivity index (χ3n) is 2.06. The van der Waals surface area contributed by atoms with Crippen LogP contribution >= 0.6 is 0 Å². The van der Waals surface area contributed by atoms with Crippen LogP contribution in [0.5, 0.6) is 0 Å². The molecule has 0 radical (unpaired) electrons. The molecule has 0 fully saturated rings. The summed E-state index contributed by atoms with van der Waals surface area (Å²) in [6, 6.07) is 1.34. The van der Waals surface area contributed by atoms with Gasteiger partial charge in [0, 0.05) is 12.5 Å². The van der Waals surface area contributed by atoms with Gasteiger partial charge in [0.2, 0.25) is 0 Å². The summed E-state index contributed by atoms with van der Waals surface area (Å²) in [7, 11) is 1.45. The lowest BCUT2D eigenvalue weighted by Crippen LogP contribution is -2.30. The molecule has 0 atom stereocenters. The Labute approximate surface area is 87.4 Å². The standard InChI is InChI=1S/C10H14N2O3/c1-10(2,3)7-5-6(9(14)15)8(13)12(4)11-7/h5H,1-4H3,(H,14,15). The Morgan fingerprint density at radius 3 is 2.40 bits per heavy atom. The number of carboxylic acids is 1. The number of hydrogen-bond acceptors (Lipinski definition) is 3. The van der Waals surface area contributed by atoms with Crippen LogP contribution in [0.3, 0.4) is 0 Å². The zero-order valence-electron chi connectivity index (χ0n) is 9.24. The van der Waals surface area contributed by atoms with Gasteiger partial charge in [-0.15, -0.1) is 0 Å². The van der Waals surface area contributed by atoms with Crippen LogP contribution in [0.15, 0.2) is 10.9 Å². The summed E-state index contributed by atoms with van der Waals surface area (Å²) in [5.74, 6) is -1.22. The lowest BCUT2D eigenvalue weighted by atomic mass is 9.91. The van der Waals surface area contributed by atoms with E-state index in [0.717, 1.165) is 4.68 Å². The van der Waals surface area contributed by atoms with Crippen molar-refractivity contribution in [2.24, 2.45) is 7.05 Å². The molecule has 0 amide bonds. The van der Waals surface area contributed by atoms with Gasteiger partial charge in [-0.3, -0.25) is 4.79 Å². The fourth-order valence-corrected chi connectivity index (χ4v) is 1.13. The zero-order valence-corrected chi connectivity index (χ0v) is 9.24. The van der Waals surface area contributed by atoms with Crippen LogP contribution < -0.4 is 5.56 Å². The van der Waals surface area contributed by atoms with Gasteiger partial charge in [0.05, 0.1) is 5.69 Å². The Kier molecular flexibility index (Phi) is 2.66. The Morgan fingerprint density at radius 1 is 1.47 bits per heavy atom. The molecule has 1 aromatic rings.